The van der Waals surface area contributed by atoms with Crippen molar-refractivity contribution in [1.29, 1.82) is 0 Å². The Hall–Kier alpha value is -2.90. The third-order valence-electron chi connectivity index (χ3n) is 6.73. The number of benzene rings is 2. The van der Waals surface area contributed by atoms with E-state index in [4.69, 9.17) is 10.5 Å². The second kappa shape index (κ2) is 11.0. The van der Waals surface area contributed by atoms with Crippen LogP contribution in [0.3, 0.4) is 0 Å². The second-order valence-corrected chi connectivity index (χ2v) is 8.92. The summed E-state index contributed by atoms with van der Waals surface area (Å²) in [5.41, 5.74) is 8.11. The van der Waals surface area contributed by atoms with E-state index >= 15 is 0 Å². The van der Waals surface area contributed by atoms with Crippen LogP contribution < -0.4 is 15.8 Å². The number of hydrogen-bond donors (Lipinski definition) is 2. The summed E-state index contributed by atoms with van der Waals surface area (Å²) in [6.07, 6.45) is 8.95. The van der Waals surface area contributed by atoms with Crippen molar-refractivity contribution in [3.05, 3.63) is 77.2 Å². The zero-order chi connectivity index (χ0) is 24.1. The maximum Gasteiger partial charge on any atom is 0.145 e. The fourth-order valence-electron chi connectivity index (χ4n) is 4.75. The summed E-state index contributed by atoms with van der Waals surface area (Å²) in [6, 6.07) is 9.07. The molecule has 0 radical (unpaired) electrons. The summed E-state index contributed by atoms with van der Waals surface area (Å²) in [5.74, 6) is -0.266. The number of fused-ring (bicyclic) bond motifs is 1. The van der Waals surface area contributed by atoms with Gasteiger partial charge in [0.2, 0.25) is 0 Å². The van der Waals surface area contributed by atoms with Gasteiger partial charge in [-0.2, -0.15) is 0 Å². The van der Waals surface area contributed by atoms with Crippen molar-refractivity contribution in [2.45, 2.75) is 44.2 Å². The van der Waals surface area contributed by atoms with Crippen LogP contribution in [0.2, 0.25) is 0 Å². The number of rotatable bonds is 8. The molecule has 3 aromatic rings. The first kappa shape index (κ1) is 24.2. The van der Waals surface area contributed by atoms with E-state index in [2.05, 4.69) is 10.3 Å². The third-order valence-corrected chi connectivity index (χ3v) is 6.73. The van der Waals surface area contributed by atoms with Gasteiger partial charge in [0, 0.05) is 35.1 Å². The molecule has 4 nitrogen and oxygen atoms in total. The molecule has 0 aliphatic heterocycles. The minimum absolute atomic E-state index is 0.150. The first-order valence-electron chi connectivity index (χ1n) is 11.7. The molecule has 1 atom stereocenters. The van der Waals surface area contributed by atoms with Gasteiger partial charge in [0.1, 0.15) is 23.2 Å². The molecule has 0 saturated heterocycles. The second-order valence-electron chi connectivity index (χ2n) is 8.92. The molecule has 0 amide bonds. The number of aromatic nitrogens is 1. The maximum atomic E-state index is 14.7. The smallest absolute Gasteiger partial charge is 0.145 e. The molecule has 1 aromatic heterocycles. The number of nitrogens with two attached hydrogens (primary N) is 1. The number of pyridine rings is 1. The van der Waals surface area contributed by atoms with Crippen molar-refractivity contribution in [1.82, 2.24) is 10.3 Å². The molecule has 0 spiro atoms. The summed E-state index contributed by atoms with van der Waals surface area (Å²) in [7, 11) is 1.58. The Balaban J connectivity index is 1.30. The Labute approximate surface area is 198 Å². The first-order valence-corrected chi connectivity index (χ1v) is 11.7. The molecule has 0 bridgehead atoms. The van der Waals surface area contributed by atoms with Crippen LogP contribution in [0.5, 0.6) is 5.75 Å². The Morgan fingerprint density at radius 3 is 2.65 bits per heavy atom. The van der Waals surface area contributed by atoms with Crippen molar-refractivity contribution < 1.29 is 17.9 Å². The molecular formula is C27H30F3N3O. The van der Waals surface area contributed by atoms with E-state index < -0.39 is 11.6 Å². The van der Waals surface area contributed by atoms with Gasteiger partial charge in [0.05, 0.1) is 18.8 Å². The van der Waals surface area contributed by atoms with Crippen LogP contribution in [0.25, 0.3) is 17.0 Å². The molecule has 1 unspecified atom stereocenters. The minimum Gasteiger partial charge on any atom is -0.497 e. The van der Waals surface area contributed by atoms with E-state index in [1.165, 1.54) is 12.3 Å². The van der Waals surface area contributed by atoms with Crippen LogP contribution in [0.4, 0.5) is 13.2 Å². The van der Waals surface area contributed by atoms with E-state index in [0.717, 1.165) is 48.7 Å². The topological polar surface area (TPSA) is 60.2 Å². The number of methoxy groups -OCH3 is 1. The number of halogens is 3. The Bertz CT molecular complexity index is 1160. The first-order chi connectivity index (χ1) is 16.4. The van der Waals surface area contributed by atoms with Gasteiger partial charge in [0.25, 0.3) is 0 Å². The summed E-state index contributed by atoms with van der Waals surface area (Å²) < 4.78 is 46.9. The summed E-state index contributed by atoms with van der Waals surface area (Å²) in [4.78, 5) is 4.19. The summed E-state index contributed by atoms with van der Waals surface area (Å²) >= 11 is 0. The van der Waals surface area contributed by atoms with E-state index in [-0.39, 0.29) is 17.4 Å². The Morgan fingerprint density at radius 2 is 1.88 bits per heavy atom. The van der Waals surface area contributed by atoms with Gasteiger partial charge < -0.3 is 15.8 Å². The van der Waals surface area contributed by atoms with Gasteiger partial charge in [0.15, 0.2) is 0 Å². The lowest BCUT2D eigenvalue weighted by atomic mass is 9.79. The van der Waals surface area contributed by atoms with Crippen molar-refractivity contribution in [3.8, 4) is 5.75 Å². The molecule has 1 aliphatic rings. The van der Waals surface area contributed by atoms with Crippen LogP contribution in [0.1, 0.15) is 36.8 Å². The molecule has 180 valence electrons. The molecule has 7 heteroatoms. The van der Waals surface area contributed by atoms with Crippen LogP contribution in [0, 0.1) is 23.4 Å². The average molecular weight is 470 g/mol. The molecule has 1 heterocycles. The van der Waals surface area contributed by atoms with E-state index in [1.807, 2.05) is 18.2 Å². The van der Waals surface area contributed by atoms with Crippen LogP contribution in [-0.2, 0) is 6.42 Å². The van der Waals surface area contributed by atoms with Gasteiger partial charge >= 0.3 is 0 Å². The van der Waals surface area contributed by atoms with E-state index in [9.17, 15) is 13.2 Å². The van der Waals surface area contributed by atoms with Crippen molar-refractivity contribution in [2.24, 2.45) is 11.7 Å². The summed E-state index contributed by atoms with van der Waals surface area (Å²) in [5, 5.41) is 4.20. The zero-order valence-corrected chi connectivity index (χ0v) is 19.2. The van der Waals surface area contributed by atoms with Gasteiger partial charge in [-0.15, -0.1) is 0 Å². The highest BCUT2D eigenvalue weighted by Gasteiger charge is 2.26. The quantitative estimate of drug-likeness (QED) is 0.464. The fraction of sp³-hybridized carbons (Fsp3) is 0.370. The number of hydrogen-bond acceptors (Lipinski definition) is 4. The van der Waals surface area contributed by atoms with Crippen molar-refractivity contribution in [3.63, 3.8) is 0 Å². The number of nitrogens with zero attached hydrogens (tertiary/aromatic N) is 1. The standard InChI is InChI=1S/C27H30F3N3O/c1-34-21-9-11-27-23(14-21)22(25(30)16-33-27)15-26(31)17-4-7-20(8-5-17)32-12-2-3-18-13-19(28)6-10-24(18)29/h2-3,6,9-11,13-14,16-17,20,26,32H,4-5,7-8,12,15,31H2,1H3. The zero-order valence-electron chi connectivity index (χ0n) is 19.2. The Kier molecular flexibility index (Phi) is 7.85. The molecule has 1 saturated carbocycles. The number of nitrogens with one attached hydrogen (secondary N) is 1. The van der Waals surface area contributed by atoms with E-state index in [0.29, 0.717) is 36.2 Å². The van der Waals surface area contributed by atoms with Gasteiger partial charge in [-0.3, -0.25) is 4.98 Å². The molecule has 1 fully saturated rings. The third kappa shape index (κ3) is 5.77. The van der Waals surface area contributed by atoms with Gasteiger partial charge in [-0.1, -0.05) is 12.2 Å². The fourth-order valence-corrected chi connectivity index (χ4v) is 4.75. The van der Waals surface area contributed by atoms with Gasteiger partial charge in [-0.05, 0) is 74.4 Å². The van der Waals surface area contributed by atoms with Gasteiger partial charge in [-0.25, -0.2) is 13.2 Å². The normalized spacial score (nSPS) is 19.6. The highest BCUT2D eigenvalue weighted by atomic mass is 19.1. The number of ether oxygens (including phenoxy) is 1. The lowest BCUT2D eigenvalue weighted by molar-refractivity contribution is 0.260. The van der Waals surface area contributed by atoms with Crippen molar-refractivity contribution >= 4 is 17.0 Å². The van der Waals surface area contributed by atoms with E-state index in [1.54, 1.807) is 19.3 Å². The molecule has 2 aromatic carbocycles. The Morgan fingerprint density at radius 1 is 1.09 bits per heavy atom. The summed E-state index contributed by atoms with van der Waals surface area (Å²) in [6.45, 7) is 0.577. The largest absolute Gasteiger partial charge is 0.497 e. The van der Waals surface area contributed by atoms with Crippen LogP contribution >= 0.6 is 0 Å². The molecule has 1 aliphatic carbocycles. The lowest BCUT2D eigenvalue weighted by Gasteiger charge is -2.32. The van der Waals surface area contributed by atoms with Crippen molar-refractivity contribution in [2.75, 3.05) is 13.7 Å². The average Bonchev–Trinajstić information content (AvgIpc) is 2.85. The predicted octanol–water partition coefficient (Wildman–Crippen LogP) is 5.39. The highest BCUT2D eigenvalue weighted by molar-refractivity contribution is 5.83. The molecule has 4 rings (SSSR count). The SMILES string of the molecule is COc1ccc2ncc(F)c(CC(N)C3CCC(NCC=Cc4cc(F)ccc4F)CC3)c2c1. The monoisotopic (exact) mass is 469 g/mol. The molecule has 34 heavy (non-hydrogen) atoms. The highest BCUT2D eigenvalue weighted by Crippen LogP contribution is 2.30. The van der Waals surface area contributed by atoms with Crippen LogP contribution in [0.15, 0.2) is 48.7 Å². The van der Waals surface area contributed by atoms with Crippen LogP contribution in [-0.4, -0.2) is 30.7 Å². The molecular weight excluding hydrogens is 439 g/mol. The molecule has 3 N–H and O–H groups in total. The maximum absolute atomic E-state index is 14.7. The minimum atomic E-state index is -0.456. The predicted molar refractivity (Wildman–Crippen MR) is 129 cm³/mol. The lowest BCUT2D eigenvalue weighted by Crippen LogP contribution is -2.40.